The molecule has 4 N–H and O–H groups in total. The molecule has 2 unspecified atom stereocenters. The largest absolute Gasteiger partial charge is 0.351 e. The maximum atomic E-state index is 14.1. The number of carbonyl (C=O) groups is 3. The summed E-state index contributed by atoms with van der Waals surface area (Å²) in [6, 6.07) is 4.91. The third kappa shape index (κ3) is 7.59. The second-order valence-corrected chi connectivity index (χ2v) is 14.9. The first-order chi connectivity index (χ1) is 20.4. The zero-order valence-electron chi connectivity index (χ0n) is 26.6. The van der Waals surface area contributed by atoms with Crippen LogP contribution in [0.25, 0.3) is 0 Å². The van der Waals surface area contributed by atoms with E-state index in [2.05, 4.69) is 28.2 Å². The summed E-state index contributed by atoms with van der Waals surface area (Å²) < 4.78 is 13.7. The average Bonchev–Trinajstić information content (AvgIpc) is 3.84. The van der Waals surface area contributed by atoms with Gasteiger partial charge in [-0.2, -0.15) is 0 Å². The van der Waals surface area contributed by atoms with Crippen molar-refractivity contribution in [3.63, 3.8) is 0 Å². The summed E-state index contributed by atoms with van der Waals surface area (Å²) in [5.41, 5.74) is -0.0208. The molecule has 0 bridgehead atoms. The van der Waals surface area contributed by atoms with Crippen molar-refractivity contribution in [1.82, 2.24) is 26.2 Å². The molecule has 8 nitrogen and oxygen atoms in total. The van der Waals surface area contributed by atoms with Crippen molar-refractivity contribution in [2.75, 3.05) is 26.2 Å². The van der Waals surface area contributed by atoms with Gasteiger partial charge in [0.05, 0.1) is 11.5 Å². The molecule has 2 saturated carbocycles. The first-order valence-electron chi connectivity index (χ1n) is 16.5. The Kier molecular flexibility index (Phi) is 9.52. The minimum Gasteiger partial charge on any atom is -0.351 e. The minimum absolute atomic E-state index is 0.00196. The Morgan fingerprint density at radius 2 is 1.65 bits per heavy atom. The highest BCUT2D eigenvalue weighted by molar-refractivity contribution is 5.90. The first kappa shape index (κ1) is 31.9. The van der Waals surface area contributed by atoms with E-state index in [0.29, 0.717) is 50.9 Å². The van der Waals surface area contributed by atoms with Gasteiger partial charge in [0.1, 0.15) is 11.9 Å². The van der Waals surface area contributed by atoms with Gasteiger partial charge in [0.25, 0.3) is 0 Å². The van der Waals surface area contributed by atoms with Crippen molar-refractivity contribution >= 4 is 17.7 Å². The van der Waals surface area contributed by atoms with Crippen molar-refractivity contribution in [3.8, 4) is 0 Å². The Morgan fingerprint density at radius 3 is 2.21 bits per heavy atom. The van der Waals surface area contributed by atoms with Gasteiger partial charge in [0, 0.05) is 43.7 Å². The van der Waals surface area contributed by atoms with Gasteiger partial charge < -0.3 is 26.2 Å². The monoisotopic (exact) mass is 597 g/mol. The highest BCUT2D eigenvalue weighted by Gasteiger charge is 2.49. The number of benzene rings is 1. The number of carbonyl (C=O) groups excluding carboxylic acids is 3. The average molecular weight is 598 g/mol. The third-order valence-corrected chi connectivity index (χ3v) is 10.5. The van der Waals surface area contributed by atoms with E-state index in [1.165, 1.54) is 31.4 Å². The highest BCUT2D eigenvalue weighted by atomic mass is 19.1. The molecule has 2 aliphatic heterocycles. The van der Waals surface area contributed by atoms with Gasteiger partial charge in [0.15, 0.2) is 0 Å². The Balaban J connectivity index is 1.28. The van der Waals surface area contributed by atoms with Gasteiger partial charge in [-0.1, -0.05) is 31.4 Å². The zero-order chi connectivity index (χ0) is 30.8. The number of hydrogen-bond donors (Lipinski definition) is 4. The maximum Gasteiger partial charge on any atom is 0.245 e. The van der Waals surface area contributed by atoms with Crippen molar-refractivity contribution in [2.45, 2.75) is 115 Å². The van der Waals surface area contributed by atoms with Crippen LogP contribution in [0, 0.1) is 23.1 Å². The lowest BCUT2D eigenvalue weighted by Gasteiger charge is -2.48. The molecular weight excluding hydrogens is 545 g/mol. The van der Waals surface area contributed by atoms with Gasteiger partial charge in [-0.05, 0) is 95.8 Å². The van der Waals surface area contributed by atoms with Gasteiger partial charge in [-0.25, -0.2) is 4.39 Å². The summed E-state index contributed by atoms with van der Waals surface area (Å²) in [5.74, 6) is 0.394. The molecule has 2 saturated heterocycles. The summed E-state index contributed by atoms with van der Waals surface area (Å²) >= 11 is 0. The summed E-state index contributed by atoms with van der Waals surface area (Å²) in [5, 5.41) is 13.3. The second-order valence-electron chi connectivity index (χ2n) is 14.9. The number of likely N-dealkylation sites (tertiary alicyclic amines) is 1. The topological polar surface area (TPSA) is 103 Å². The van der Waals surface area contributed by atoms with Crippen LogP contribution in [-0.2, 0) is 20.8 Å². The molecule has 238 valence electrons. The number of rotatable bonds is 8. The number of hydrogen-bond acceptors (Lipinski definition) is 5. The van der Waals surface area contributed by atoms with E-state index in [9.17, 15) is 18.8 Å². The lowest BCUT2D eigenvalue weighted by Crippen LogP contribution is -2.67. The van der Waals surface area contributed by atoms with Crippen LogP contribution in [-0.4, -0.2) is 72.0 Å². The molecule has 0 spiro atoms. The van der Waals surface area contributed by atoms with Gasteiger partial charge in [-0.3, -0.25) is 14.4 Å². The van der Waals surface area contributed by atoms with E-state index < -0.39 is 17.5 Å². The molecule has 0 aromatic heterocycles. The predicted molar refractivity (Wildman–Crippen MR) is 166 cm³/mol. The Bertz CT molecular complexity index is 1140. The molecule has 43 heavy (non-hydrogen) atoms. The van der Waals surface area contributed by atoms with E-state index in [1.54, 1.807) is 12.1 Å². The Labute approximate surface area is 256 Å². The van der Waals surface area contributed by atoms with Gasteiger partial charge >= 0.3 is 0 Å². The molecule has 0 radical (unpaired) electrons. The summed E-state index contributed by atoms with van der Waals surface area (Å²) in [6.07, 6.45) is 9.56. The number of nitrogens with zero attached hydrogens (tertiary/aromatic N) is 1. The predicted octanol–water partition coefficient (Wildman–Crippen LogP) is 3.69. The molecule has 9 heteroatoms. The van der Waals surface area contributed by atoms with Crippen molar-refractivity contribution in [2.24, 2.45) is 17.3 Å². The van der Waals surface area contributed by atoms with E-state index >= 15 is 0 Å². The minimum atomic E-state index is -0.776. The zero-order valence-corrected chi connectivity index (χ0v) is 26.6. The van der Waals surface area contributed by atoms with Crippen molar-refractivity contribution < 1.29 is 18.8 Å². The summed E-state index contributed by atoms with van der Waals surface area (Å²) in [6.45, 7) is 10.4. The molecule has 4 fully saturated rings. The fraction of sp³-hybridized carbons (Fsp3) is 0.735. The van der Waals surface area contributed by atoms with Gasteiger partial charge in [0.2, 0.25) is 17.7 Å². The lowest BCUT2D eigenvalue weighted by molar-refractivity contribution is -0.147. The normalized spacial score (nSPS) is 27.3. The molecule has 1 aromatic carbocycles. The molecule has 1 aromatic rings. The number of nitrogens with one attached hydrogen (secondary N) is 4. The van der Waals surface area contributed by atoms with Crippen molar-refractivity contribution in [1.29, 1.82) is 0 Å². The third-order valence-electron chi connectivity index (χ3n) is 10.5. The Hall–Kier alpha value is -2.52. The van der Waals surface area contributed by atoms with Crippen molar-refractivity contribution in [3.05, 3.63) is 35.6 Å². The number of piperidine rings is 1. The molecule has 4 aliphatic rings. The smallest absolute Gasteiger partial charge is 0.245 e. The van der Waals surface area contributed by atoms with Crippen LogP contribution >= 0.6 is 0 Å². The van der Waals surface area contributed by atoms with E-state index in [1.807, 2.05) is 25.7 Å². The molecule has 5 rings (SSSR count). The highest BCUT2D eigenvalue weighted by Crippen LogP contribution is 2.46. The molecule has 2 aliphatic carbocycles. The van der Waals surface area contributed by atoms with Crippen LogP contribution < -0.4 is 21.3 Å². The lowest BCUT2D eigenvalue weighted by atomic mass is 9.63. The molecule has 3 amide bonds. The standard InChI is InChI=1S/C34H52FN5O3/c1-32(2,3)39-31(43)34(25-8-6-5-7-9-25)16-18-40(19-17-34)30(42)27(20-23-10-14-26(35)15-11-23)38-29(41)28-21-37-33(4,22-36-28)24-12-13-24/h10-11,14-15,24-25,27-28,36-37H,5-9,12-13,16-22H2,1-4H3,(H,38,41)(H,39,43)/t27-,28?,33?/m1/s1. The van der Waals surface area contributed by atoms with Gasteiger partial charge in [-0.15, -0.1) is 0 Å². The van der Waals surface area contributed by atoms with Crippen LogP contribution in [0.1, 0.15) is 91.0 Å². The van der Waals surface area contributed by atoms with Crippen LogP contribution in [0.3, 0.4) is 0 Å². The van der Waals surface area contributed by atoms with E-state index in [-0.39, 0.29) is 41.0 Å². The summed E-state index contributed by atoms with van der Waals surface area (Å²) in [7, 11) is 0. The second kappa shape index (κ2) is 12.8. The Morgan fingerprint density at radius 1 is 1.00 bits per heavy atom. The van der Waals surface area contributed by atoms with E-state index in [0.717, 1.165) is 31.2 Å². The number of amides is 3. The maximum absolute atomic E-state index is 14.1. The fourth-order valence-electron chi connectivity index (χ4n) is 7.62. The van der Waals surface area contributed by atoms with Crippen LogP contribution in [0.5, 0.6) is 0 Å². The summed E-state index contributed by atoms with van der Waals surface area (Å²) in [4.78, 5) is 43.2. The first-order valence-corrected chi connectivity index (χ1v) is 16.5. The SMILES string of the molecule is CC(C)(C)NC(=O)C1(C2CCCCC2)CCN(C(=O)[C@@H](Cc2ccc(F)cc2)NC(=O)C2CNC(C)(C3CC3)CN2)CC1. The quantitative estimate of drug-likeness (QED) is 0.366. The molecule has 3 atom stereocenters. The van der Waals surface area contributed by atoms with Crippen LogP contribution in [0.4, 0.5) is 4.39 Å². The number of piperazine rings is 1. The van der Waals surface area contributed by atoms with Crippen LogP contribution in [0.2, 0.25) is 0 Å². The molecule has 2 heterocycles. The van der Waals surface area contributed by atoms with Crippen LogP contribution in [0.15, 0.2) is 24.3 Å². The molecular formula is C34H52FN5O3. The fourth-order valence-corrected chi connectivity index (χ4v) is 7.62. The number of halogens is 1. The van der Waals surface area contributed by atoms with E-state index in [4.69, 9.17) is 0 Å².